The molecule has 0 aliphatic heterocycles. The molecule has 17 heavy (non-hydrogen) atoms. The number of nitrogens with one attached hydrogen (secondary N) is 1. The number of hydrogen-bond donors (Lipinski definition) is 2. The van der Waals surface area contributed by atoms with Gasteiger partial charge in [0.15, 0.2) is 0 Å². The van der Waals surface area contributed by atoms with E-state index in [0.29, 0.717) is 12.1 Å². The molecule has 96 valence electrons. The highest BCUT2D eigenvalue weighted by molar-refractivity contribution is 7.10. The first-order valence-corrected chi connectivity index (χ1v) is 7.66. The summed E-state index contributed by atoms with van der Waals surface area (Å²) in [6.07, 6.45) is 6.69. The van der Waals surface area contributed by atoms with E-state index in [1.54, 1.807) is 0 Å². The molecule has 1 aromatic heterocycles. The van der Waals surface area contributed by atoms with E-state index in [-0.39, 0.29) is 6.10 Å². The van der Waals surface area contributed by atoms with E-state index in [2.05, 4.69) is 29.8 Å². The highest BCUT2D eigenvalue weighted by Gasteiger charge is 2.25. The zero-order valence-electron chi connectivity index (χ0n) is 10.6. The molecule has 2 rings (SSSR count). The molecule has 1 aliphatic carbocycles. The molecule has 0 spiro atoms. The first-order valence-electron chi connectivity index (χ1n) is 6.78. The van der Waals surface area contributed by atoms with Crippen LogP contribution in [-0.2, 0) is 0 Å². The van der Waals surface area contributed by atoms with E-state index in [4.69, 9.17) is 0 Å². The standard InChI is InChI=1S/C14H23NOS/c1-2-6-12(14-9-5-10-17-14)15-11-7-3-4-8-13(11)16/h5,9-13,15-16H,2-4,6-8H2,1H3. The van der Waals surface area contributed by atoms with Gasteiger partial charge in [0.2, 0.25) is 0 Å². The normalized spacial score (nSPS) is 26.9. The van der Waals surface area contributed by atoms with Crippen LogP contribution in [0.3, 0.4) is 0 Å². The van der Waals surface area contributed by atoms with Crippen LogP contribution in [0.25, 0.3) is 0 Å². The summed E-state index contributed by atoms with van der Waals surface area (Å²) < 4.78 is 0. The average Bonchev–Trinajstić information content (AvgIpc) is 2.85. The molecular weight excluding hydrogens is 230 g/mol. The molecular formula is C14H23NOS. The summed E-state index contributed by atoms with van der Waals surface area (Å²) in [5.41, 5.74) is 0. The van der Waals surface area contributed by atoms with Crippen molar-refractivity contribution in [2.24, 2.45) is 0 Å². The van der Waals surface area contributed by atoms with Gasteiger partial charge in [0.1, 0.15) is 0 Å². The van der Waals surface area contributed by atoms with E-state index in [0.717, 1.165) is 19.3 Å². The van der Waals surface area contributed by atoms with Gasteiger partial charge in [0.25, 0.3) is 0 Å². The Labute approximate surface area is 108 Å². The van der Waals surface area contributed by atoms with E-state index < -0.39 is 0 Å². The first-order chi connectivity index (χ1) is 8.31. The van der Waals surface area contributed by atoms with Crippen LogP contribution in [0.4, 0.5) is 0 Å². The van der Waals surface area contributed by atoms with Crippen molar-refractivity contribution in [2.75, 3.05) is 0 Å². The van der Waals surface area contributed by atoms with Crippen LogP contribution >= 0.6 is 11.3 Å². The fourth-order valence-electron chi connectivity index (χ4n) is 2.65. The molecule has 0 saturated heterocycles. The van der Waals surface area contributed by atoms with Crippen molar-refractivity contribution < 1.29 is 5.11 Å². The van der Waals surface area contributed by atoms with Crippen LogP contribution in [0.15, 0.2) is 17.5 Å². The van der Waals surface area contributed by atoms with Gasteiger partial charge in [0.05, 0.1) is 6.10 Å². The summed E-state index contributed by atoms with van der Waals surface area (Å²) in [7, 11) is 0. The second-order valence-corrected chi connectivity index (χ2v) is 5.96. The summed E-state index contributed by atoms with van der Waals surface area (Å²) in [5, 5.41) is 15.8. The summed E-state index contributed by atoms with van der Waals surface area (Å²) >= 11 is 1.82. The van der Waals surface area contributed by atoms with Gasteiger partial charge in [0, 0.05) is 17.0 Å². The smallest absolute Gasteiger partial charge is 0.0693 e. The van der Waals surface area contributed by atoms with Gasteiger partial charge in [-0.1, -0.05) is 32.3 Å². The second kappa shape index (κ2) is 6.53. The van der Waals surface area contributed by atoms with Gasteiger partial charge < -0.3 is 10.4 Å². The Balaban J connectivity index is 1.97. The molecule has 3 atom stereocenters. The number of thiophene rings is 1. The molecule has 0 radical (unpaired) electrons. The zero-order chi connectivity index (χ0) is 12.1. The van der Waals surface area contributed by atoms with Crippen LogP contribution in [0.5, 0.6) is 0 Å². The van der Waals surface area contributed by atoms with Gasteiger partial charge in [-0.25, -0.2) is 0 Å². The van der Waals surface area contributed by atoms with Gasteiger partial charge in [-0.05, 0) is 30.7 Å². The Morgan fingerprint density at radius 3 is 2.94 bits per heavy atom. The molecule has 1 fully saturated rings. The Hall–Kier alpha value is -0.380. The van der Waals surface area contributed by atoms with Crippen LogP contribution in [0.2, 0.25) is 0 Å². The molecule has 0 aromatic carbocycles. The van der Waals surface area contributed by atoms with Crippen molar-refractivity contribution in [2.45, 2.75) is 63.6 Å². The number of rotatable bonds is 5. The Kier molecular flexibility index (Phi) is 5.01. The van der Waals surface area contributed by atoms with Crippen molar-refractivity contribution in [1.82, 2.24) is 5.32 Å². The summed E-state index contributed by atoms with van der Waals surface area (Å²) in [6, 6.07) is 5.04. The Morgan fingerprint density at radius 2 is 2.29 bits per heavy atom. The zero-order valence-corrected chi connectivity index (χ0v) is 11.4. The van der Waals surface area contributed by atoms with E-state index in [1.807, 2.05) is 11.3 Å². The minimum absolute atomic E-state index is 0.150. The fraction of sp³-hybridized carbons (Fsp3) is 0.714. The van der Waals surface area contributed by atoms with Crippen molar-refractivity contribution in [3.63, 3.8) is 0 Å². The molecule has 1 saturated carbocycles. The summed E-state index contributed by atoms with van der Waals surface area (Å²) in [5.74, 6) is 0. The van der Waals surface area contributed by atoms with E-state index in [1.165, 1.54) is 24.1 Å². The van der Waals surface area contributed by atoms with Gasteiger partial charge >= 0.3 is 0 Å². The largest absolute Gasteiger partial charge is 0.392 e. The SMILES string of the molecule is CCCC(NC1CCCCC1O)c1cccs1. The highest BCUT2D eigenvalue weighted by Crippen LogP contribution is 2.27. The summed E-state index contributed by atoms with van der Waals surface area (Å²) in [6.45, 7) is 2.22. The topological polar surface area (TPSA) is 32.3 Å². The van der Waals surface area contributed by atoms with Crippen LogP contribution < -0.4 is 5.32 Å². The summed E-state index contributed by atoms with van der Waals surface area (Å²) in [4.78, 5) is 1.41. The molecule has 1 aliphatic rings. The van der Waals surface area contributed by atoms with Gasteiger partial charge in [-0.3, -0.25) is 0 Å². The molecule has 1 heterocycles. The first kappa shape index (κ1) is 13.1. The molecule has 2 N–H and O–H groups in total. The van der Waals surface area contributed by atoms with Crippen molar-refractivity contribution in [1.29, 1.82) is 0 Å². The highest BCUT2D eigenvalue weighted by atomic mass is 32.1. The molecule has 3 heteroatoms. The van der Waals surface area contributed by atoms with Crippen molar-refractivity contribution >= 4 is 11.3 Å². The lowest BCUT2D eigenvalue weighted by molar-refractivity contribution is 0.0843. The predicted molar refractivity (Wildman–Crippen MR) is 73.4 cm³/mol. The third kappa shape index (κ3) is 3.54. The lowest BCUT2D eigenvalue weighted by atomic mass is 9.91. The maximum atomic E-state index is 10.0. The maximum absolute atomic E-state index is 10.0. The minimum atomic E-state index is -0.150. The third-order valence-corrected chi connectivity index (χ3v) is 4.59. The monoisotopic (exact) mass is 253 g/mol. The molecule has 0 bridgehead atoms. The Bertz CT molecular complexity index is 312. The number of aliphatic hydroxyl groups is 1. The van der Waals surface area contributed by atoms with Crippen molar-refractivity contribution in [3.8, 4) is 0 Å². The minimum Gasteiger partial charge on any atom is -0.392 e. The molecule has 3 unspecified atom stereocenters. The third-order valence-electron chi connectivity index (χ3n) is 3.61. The quantitative estimate of drug-likeness (QED) is 0.842. The van der Waals surface area contributed by atoms with Crippen molar-refractivity contribution in [3.05, 3.63) is 22.4 Å². The molecule has 2 nitrogen and oxygen atoms in total. The average molecular weight is 253 g/mol. The molecule has 0 amide bonds. The van der Waals surface area contributed by atoms with Crippen LogP contribution in [-0.4, -0.2) is 17.3 Å². The molecule has 1 aromatic rings. The predicted octanol–water partition coefficient (Wildman–Crippen LogP) is 3.48. The Morgan fingerprint density at radius 1 is 1.47 bits per heavy atom. The lowest BCUT2D eigenvalue weighted by Crippen LogP contribution is -2.43. The van der Waals surface area contributed by atoms with E-state index >= 15 is 0 Å². The van der Waals surface area contributed by atoms with Crippen LogP contribution in [0.1, 0.15) is 56.4 Å². The number of aliphatic hydroxyl groups excluding tert-OH is 1. The second-order valence-electron chi connectivity index (χ2n) is 4.98. The number of hydrogen-bond acceptors (Lipinski definition) is 3. The van der Waals surface area contributed by atoms with Gasteiger partial charge in [-0.2, -0.15) is 0 Å². The van der Waals surface area contributed by atoms with E-state index in [9.17, 15) is 5.11 Å². The fourth-order valence-corrected chi connectivity index (χ4v) is 3.47. The maximum Gasteiger partial charge on any atom is 0.0693 e. The van der Waals surface area contributed by atoms with Gasteiger partial charge in [-0.15, -0.1) is 11.3 Å². The lowest BCUT2D eigenvalue weighted by Gasteiger charge is -2.32. The van der Waals surface area contributed by atoms with Crippen LogP contribution in [0, 0.1) is 0 Å².